The van der Waals surface area contributed by atoms with Crippen molar-refractivity contribution in [2.24, 2.45) is 0 Å². The molecule has 2 N–H and O–H groups in total. The van der Waals surface area contributed by atoms with Gasteiger partial charge in [-0.05, 0) is 42.5 Å². The molecule has 146 valence electrons. The van der Waals surface area contributed by atoms with Gasteiger partial charge in [-0.15, -0.1) is 0 Å². The predicted molar refractivity (Wildman–Crippen MR) is 104 cm³/mol. The number of halogens is 2. The molecule has 0 aromatic heterocycles. The summed E-state index contributed by atoms with van der Waals surface area (Å²) in [5.41, 5.74) is 0.415. The summed E-state index contributed by atoms with van der Waals surface area (Å²) in [5.74, 6) is -0.0691. The number of amides is 1. The van der Waals surface area contributed by atoms with Gasteiger partial charge in [0.1, 0.15) is 5.75 Å². The van der Waals surface area contributed by atoms with Crippen molar-refractivity contribution in [3.8, 4) is 5.75 Å². The van der Waals surface area contributed by atoms with Gasteiger partial charge in [0, 0.05) is 18.7 Å². The second-order valence-corrected chi connectivity index (χ2v) is 7.93. The van der Waals surface area contributed by atoms with Gasteiger partial charge in [0.15, 0.2) is 6.61 Å². The molecule has 0 aliphatic carbocycles. The van der Waals surface area contributed by atoms with E-state index in [9.17, 15) is 13.2 Å². The molecule has 7 nitrogen and oxygen atoms in total. The average Bonchev–Trinajstić information content (AvgIpc) is 2.63. The van der Waals surface area contributed by atoms with E-state index in [0.717, 1.165) is 0 Å². The Balaban J connectivity index is 1.90. The smallest absolute Gasteiger partial charge is 0.262 e. The molecule has 0 unspecified atom stereocenters. The average molecular weight is 433 g/mol. The maximum Gasteiger partial charge on any atom is 0.262 e. The number of rotatable bonds is 9. The first-order valence-electron chi connectivity index (χ1n) is 7.78. The van der Waals surface area contributed by atoms with Crippen molar-refractivity contribution in [1.82, 2.24) is 4.72 Å². The summed E-state index contributed by atoms with van der Waals surface area (Å²) in [6.45, 7) is 0.175. The molecule has 2 aromatic carbocycles. The number of carbonyl (C=O) groups excluding carboxylic acids is 1. The normalized spacial score (nSPS) is 11.2. The molecule has 2 aromatic rings. The zero-order chi connectivity index (χ0) is 19.9. The highest BCUT2D eigenvalue weighted by molar-refractivity contribution is 7.89. The lowest BCUT2D eigenvalue weighted by atomic mass is 10.3. The second-order valence-electron chi connectivity index (χ2n) is 5.32. The van der Waals surface area contributed by atoms with E-state index < -0.39 is 15.9 Å². The van der Waals surface area contributed by atoms with Crippen molar-refractivity contribution in [3.63, 3.8) is 0 Å². The van der Waals surface area contributed by atoms with Gasteiger partial charge < -0.3 is 14.8 Å². The molecule has 0 radical (unpaired) electrons. The maximum absolute atomic E-state index is 12.0. The quantitative estimate of drug-likeness (QED) is 0.594. The van der Waals surface area contributed by atoms with Gasteiger partial charge in [-0.2, -0.15) is 0 Å². The van der Waals surface area contributed by atoms with Crippen LogP contribution in [0.2, 0.25) is 10.0 Å². The predicted octanol–water partition coefficient (Wildman–Crippen LogP) is 2.94. The molecule has 0 heterocycles. The number of benzene rings is 2. The summed E-state index contributed by atoms with van der Waals surface area (Å²) >= 11 is 11.8. The van der Waals surface area contributed by atoms with E-state index in [0.29, 0.717) is 21.5 Å². The van der Waals surface area contributed by atoms with Crippen LogP contribution in [-0.4, -0.2) is 41.2 Å². The standard InChI is InChI=1S/C17H18Cl2N2O5S/c1-25-9-8-20-27(23,24)14-5-3-13(4-6-14)26-11-17(22)21-16-7-2-12(18)10-15(16)19/h2-7,10,20H,8-9,11H2,1H3,(H,21,22). The van der Waals surface area contributed by atoms with Crippen molar-refractivity contribution in [1.29, 1.82) is 0 Å². The lowest BCUT2D eigenvalue weighted by molar-refractivity contribution is -0.118. The fourth-order valence-electron chi connectivity index (χ4n) is 2.00. The fourth-order valence-corrected chi connectivity index (χ4v) is 3.47. The lowest BCUT2D eigenvalue weighted by Gasteiger charge is -2.10. The van der Waals surface area contributed by atoms with Gasteiger partial charge in [-0.1, -0.05) is 23.2 Å². The summed E-state index contributed by atoms with van der Waals surface area (Å²) in [6.07, 6.45) is 0. The van der Waals surface area contributed by atoms with Gasteiger partial charge in [-0.3, -0.25) is 4.79 Å². The first-order valence-corrected chi connectivity index (χ1v) is 10.0. The molecule has 27 heavy (non-hydrogen) atoms. The minimum absolute atomic E-state index is 0.0864. The summed E-state index contributed by atoms with van der Waals surface area (Å²) in [7, 11) is -2.14. The topological polar surface area (TPSA) is 93.7 Å². The minimum Gasteiger partial charge on any atom is -0.484 e. The zero-order valence-electron chi connectivity index (χ0n) is 14.4. The van der Waals surface area contributed by atoms with Crippen LogP contribution < -0.4 is 14.8 Å². The van der Waals surface area contributed by atoms with Gasteiger partial charge in [0.05, 0.1) is 22.2 Å². The van der Waals surface area contributed by atoms with Crippen LogP contribution in [0.5, 0.6) is 5.75 Å². The number of sulfonamides is 1. The van der Waals surface area contributed by atoms with Crippen LogP contribution in [0, 0.1) is 0 Å². The highest BCUT2D eigenvalue weighted by atomic mass is 35.5. The van der Waals surface area contributed by atoms with E-state index in [-0.39, 0.29) is 24.7 Å². The molecule has 0 fully saturated rings. The van der Waals surface area contributed by atoms with Gasteiger partial charge in [0.2, 0.25) is 10.0 Å². The zero-order valence-corrected chi connectivity index (χ0v) is 16.7. The first-order chi connectivity index (χ1) is 12.8. The van der Waals surface area contributed by atoms with Crippen LogP contribution >= 0.6 is 23.2 Å². The van der Waals surface area contributed by atoms with E-state index in [1.807, 2.05) is 0 Å². The fraction of sp³-hybridized carbons (Fsp3) is 0.235. The Kier molecular flexibility index (Phi) is 7.88. The Morgan fingerprint density at radius 2 is 1.81 bits per heavy atom. The van der Waals surface area contributed by atoms with E-state index in [1.54, 1.807) is 12.1 Å². The third-order valence-corrected chi connectivity index (χ3v) is 5.33. The Morgan fingerprint density at radius 3 is 2.44 bits per heavy atom. The molecule has 0 saturated heterocycles. The Morgan fingerprint density at radius 1 is 1.11 bits per heavy atom. The maximum atomic E-state index is 12.0. The third kappa shape index (κ3) is 6.67. The molecule has 10 heteroatoms. The second kappa shape index (κ2) is 9.91. The minimum atomic E-state index is -3.62. The highest BCUT2D eigenvalue weighted by Crippen LogP contribution is 2.25. The number of anilines is 1. The molecule has 0 spiro atoms. The molecule has 0 saturated carbocycles. The van der Waals surface area contributed by atoms with Crippen molar-refractivity contribution in [3.05, 3.63) is 52.5 Å². The molecule has 0 aliphatic rings. The first kappa shape index (κ1) is 21.5. The summed E-state index contributed by atoms with van der Waals surface area (Å²) in [5, 5.41) is 3.37. The van der Waals surface area contributed by atoms with E-state index >= 15 is 0 Å². The van der Waals surface area contributed by atoms with E-state index in [4.69, 9.17) is 32.7 Å². The molecule has 1 amide bonds. The van der Waals surface area contributed by atoms with Crippen LogP contribution in [0.15, 0.2) is 47.4 Å². The van der Waals surface area contributed by atoms with Gasteiger partial charge >= 0.3 is 0 Å². The molecule has 0 atom stereocenters. The summed E-state index contributed by atoms with van der Waals surface area (Å²) < 4.78 is 36.7. The van der Waals surface area contributed by atoms with E-state index in [2.05, 4.69) is 10.0 Å². The number of nitrogens with one attached hydrogen (secondary N) is 2. The molecular weight excluding hydrogens is 415 g/mol. The Labute approximate surface area is 167 Å². The monoisotopic (exact) mass is 432 g/mol. The third-order valence-electron chi connectivity index (χ3n) is 3.31. The van der Waals surface area contributed by atoms with Gasteiger partial charge in [0.25, 0.3) is 5.91 Å². The number of hydrogen-bond acceptors (Lipinski definition) is 5. The summed E-state index contributed by atoms with van der Waals surface area (Å²) in [4.78, 5) is 12.0. The van der Waals surface area contributed by atoms with E-state index in [1.165, 1.54) is 37.4 Å². The van der Waals surface area contributed by atoms with Crippen LogP contribution in [-0.2, 0) is 19.6 Å². The molecule has 0 aliphatic heterocycles. The Bertz CT molecular complexity index is 889. The SMILES string of the molecule is COCCNS(=O)(=O)c1ccc(OCC(=O)Nc2ccc(Cl)cc2Cl)cc1. The summed E-state index contributed by atoms with van der Waals surface area (Å²) in [6, 6.07) is 10.4. The number of ether oxygens (including phenoxy) is 2. The van der Waals surface area contributed by atoms with Crippen LogP contribution in [0.4, 0.5) is 5.69 Å². The van der Waals surface area contributed by atoms with Crippen molar-refractivity contribution in [2.75, 3.05) is 32.2 Å². The number of carbonyl (C=O) groups is 1. The van der Waals surface area contributed by atoms with Crippen molar-refractivity contribution < 1.29 is 22.7 Å². The van der Waals surface area contributed by atoms with Crippen molar-refractivity contribution >= 4 is 44.8 Å². The largest absolute Gasteiger partial charge is 0.484 e. The van der Waals surface area contributed by atoms with Gasteiger partial charge in [-0.25, -0.2) is 13.1 Å². The lowest BCUT2D eigenvalue weighted by Crippen LogP contribution is -2.27. The van der Waals surface area contributed by atoms with Crippen LogP contribution in [0.25, 0.3) is 0 Å². The van der Waals surface area contributed by atoms with Crippen molar-refractivity contribution in [2.45, 2.75) is 4.90 Å². The Hall–Kier alpha value is -1.84. The van der Waals surface area contributed by atoms with Crippen LogP contribution in [0.3, 0.4) is 0 Å². The number of methoxy groups -OCH3 is 1. The molecular formula is C17H18Cl2N2O5S. The number of hydrogen-bond donors (Lipinski definition) is 2. The highest BCUT2D eigenvalue weighted by Gasteiger charge is 2.13. The van der Waals surface area contributed by atoms with Crippen LogP contribution in [0.1, 0.15) is 0 Å². The molecule has 2 rings (SSSR count). The molecule has 0 bridgehead atoms.